The van der Waals surface area contributed by atoms with Gasteiger partial charge in [0.05, 0.1) is 6.26 Å². The molecule has 2 aromatic rings. The Kier molecular flexibility index (Phi) is 5.97. The summed E-state index contributed by atoms with van der Waals surface area (Å²) in [5, 5.41) is 2.49. The van der Waals surface area contributed by atoms with Gasteiger partial charge >= 0.3 is 0 Å². The molecule has 3 nitrogen and oxygen atoms in total. The fourth-order valence-corrected chi connectivity index (χ4v) is 8.42. The first-order valence-corrected chi connectivity index (χ1v) is 11.4. The third-order valence-corrected chi connectivity index (χ3v) is 10.2. The van der Waals surface area contributed by atoms with Gasteiger partial charge in [-0.1, -0.05) is 81.4 Å². The van der Waals surface area contributed by atoms with Crippen molar-refractivity contribution >= 4 is 24.5 Å². The molecule has 0 aliphatic carbocycles. The monoisotopic (exact) mass is 380 g/mol. The number of benzene rings is 2. The van der Waals surface area contributed by atoms with E-state index >= 15 is 0 Å². The summed E-state index contributed by atoms with van der Waals surface area (Å²) in [5.74, 6) is 0.122. The van der Waals surface area contributed by atoms with Gasteiger partial charge in [-0.15, -0.1) is 0 Å². The van der Waals surface area contributed by atoms with Gasteiger partial charge in [-0.2, -0.15) is 0 Å². The summed E-state index contributed by atoms with van der Waals surface area (Å²) in [6.07, 6.45) is 4.06. The molecule has 0 spiro atoms. The maximum atomic E-state index is 11.6. The lowest BCUT2D eigenvalue weighted by molar-refractivity contribution is -0.118. The highest BCUT2D eigenvalue weighted by Gasteiger charge is 2.50. The van der Waals surface area contributed by atoms with Crippen LogP contribution in [0.15, 0.2) is 73.0 Å². The van der Waals surface area contributed by atoms with Crippen LogP contribution in [-0.4, -0.2) is 26.8 Å². The van der Waals surface area contributed by atoms with Crippen molar-refractivity contribution in [1.29, 1.82) is 0 Å². The predicted octanol–water partition coefficient (Wildman–Crippen LogP) is 3.82. The summed E-state index contributed by atoms with van der Waals surface area (Å²) in [6, 6.07) is 21.2. The molecule has 0 unspecified atom stereocenters. The molecule has 0 saturated carbocycles. The lowest BCUT2D eigenvalue weighted by Gasteiger charge is -2.43. The van der Waals surface area contributed by atoms with Crippen molar-refractivity contribution in [2.45, 2.75) is 44.8 Å². The van der Waals surface area contributed by atoms with Crippen LogP contribution in [0.4, 0.5) is 0 Å². The van der Waals surface area contributed by atoms with Crippen LogP contribution in [0.1, 0.15) is 33.6 Å². The molecule has 27 heavy (non-hydrogen) atoms. The summed E-state index contributed by atoms with van der Waals surface area (Å²) < 4.78 is 12.4. The van der Waals surface area contributed by atoms with E-state index in [2.05, 4.69) is 69.3 Å². The first kappa shape index (κ1) is 19.6. The molecule has 0 N–H and O–H groups in total. The molecule has 0 fully saturated rings. The number of ketones is 1. The van der Waals surface area contributed by atoms with Gasteiger partial charge < -0.3 is 9.16 Å². The zero-order valence-electron chi connectivity index (χ0n) is 16.4. The van der Waals surface area contributed by atoms with Crippen LogP contribution in [0.2, 0.25) is 5.04 Å². The van der Waals surface area contributed by atoms with E-state index in [1.807, 2.05) is 12.1 Å². The molecule has 0 amide bonds. The van der Waals surface area contributed by atoms with Crippen LogP contribution in [0.25, 0.3) is 0 Å². The Morgan fingerprint density at radius 2 is 1.56 bits per heavy atom. The van der Waals surface area contributed by atoms with Crippen molar-refractivity contribution in [1.82, 2.24) is 0 Å². The zero-order valence-corrected chi connectivity index (χ0v) is 17.4. The van der Waals surface area contributed by atoms with Crippen molar-refractivity contribution in [3.8, 4) is 0 Å². The number of carbonyl (C=O) groups excluding carboxylic acids is 1. The normalized spacial score (nSPS) is 17.6. The van der Waals surface area contributed by atoms with Crippen molar-refractivity contribution < 1.29 is 14.0 Å². The van der Waals surface area contributed by atoms with Crippen molar-refractivity contribution in [3.63, 3.8) is 0 Å². The molecule has 0 aromatic heterocycles. The summed E-state index contributed by atoms with van der Waals surface area (Å²) >= 11 is 0. The van der Waals surface area contributed by atoms with E-state index in [0.29, 0.717) is 19.4 Å². The number of ether oxygens (including phenoxy) is 1. The van der Waals surface area contributed by atoms with Crippen LogP contribution >= 0.6 is 0 Å². The lowest BCUT2D eigenvalue weighted by Crippen LogP contribution is -2.66. The van der Waals surface area contributed by atoms with Crippen LogP contribution in [0.5, 0.6) is 0 Å². The van der Waals surface area contributed by atoms with E-state index in [9.17, 15) is 4.79 Å². The zero-order chi connectivity index (χ0) is 19.3. The minimum absolute atomic E-state index is 0.0428. The van der Waals surface area contributed by atoms with E-state index in [4.69, 9.17) is 9.16 Å². The summed E-state index contributed by atoms with van der Waals surface area (Å²) in [5.41, 5.74) is 0. The Morgan fingerprint density at radius 1 is 1.00 bits per heavy atom. The molecule has 1 heterocycles. The standard InChI is InChI=1S/C23H28O3Si/c1-23(2,3)27(21-10-6-4-7-11-21,22-12-8-5-9-13-22)26-17-15-20-18-19(24)14-16-25-20/h4-14,16,20H,15,17-18H2,1-3H3/t20-/m0/s1. The second-order valence-corrected chi connectivity index (χ2v) is 12.3. The van der Waals surface area contributed by atoms with Gasteiger partial charge in [0.1, 0.15) is 6.10 Å². The van der Waals surface area contributed by atoms with Crippen molar-refractivity contribution in [3.05, 3.63) is 73.0 Å². The molecular weight excluding hydrogens is 352 g/mol. The quantitative estimate of drug-likeness (QED) is 0.715. The number of carbonyl (C=O) groups is 1. The van der Waals surface area contributed by atoms with Crippen molar-refractivity contribution in [2.24, 2.45) is 0 Å². The van der Waals surface area contributed by atoms with E-state index in [0.717, 1.165) is 0 Å². The minimum atomic E-state index is -2.51. The van der Waals surface area contributed by atoms with Gasteiger partial charge in [0, 0.05) is 25.5 Å². The summed E-state index contributed by atoms with van der Waals surface area (Å²) in [7, 11) is -2.51. The number of allylic oxidation sites excluding steroid dienone is 1. The summed E-state index contributed by atoms with van der Waals surface area (Å²) in [4.78, 5) is 11.6. The number of hydrogen-bond donors (Lipinski definition) is 0. The Bertz CT molecular complexity index is 739. The predicted molar refractivity (Wildman–Crippen MR) is 112 cm³/mol. The lowest BCUT2D eigenvalue weighted by atomic mass is 10.1. The second-order valence-electron chi connectivity index (χ2n) is 8.03. The van der Waals surface area contributed by atoms with Gasteiger partial charge in [0.25, 0.3) is 8.32 Å². The van der Waals surface area contributed by atoms with Gasteiger partial charge in [-0.05, 0) is 15.4 Å². The molecule has 4 heteroatoms. The van der Waals surface area contributed by atoms with E-state index in [-0.39, 0.29) is 16.9 Å². The Hall–Kier alpha value is -2.17. The first-order chi connectivity index (χ1) is 12.9. The van der Waals surface area contributed by atoms with Gasteiger partial charge in [0.15, 0.2) is 5.78 Å². The number of rotatable bonds is 6. The Balaban J connectivity index is 1.92. The fraction of sp³-hybridized carbons (Fsp3) is 0.348. The van der Waals surface area contributed by atoms with Crippen LogP contribution in [0, 0.1) is 0 Å². The van der Waals surface area contributed by atoms with Gasteiger partial charge in [0.2, 0.25) is 0 Å². The largest absolute Gasteiger partial charge is 0.497 e. The Labute approximate surface area is 163 Å². The fourth-order valence-electron chi connectivity index (χ4n) is 3.84. The van der Waals surface area contributed by atoms with E-state index in [1.54, 1.807) is 0 Å². The van der Waals surface area contributed by atoms with Gasteiger partial charge in [-0.3, -0.25) is 4.79 Å². The average molecular weight is 381 g/mol. The topological polar surface area (TPSA) is 35.5 Å². The molecule has 1 atom stereocenters. The van der Waals surface area contributed by atoms with E-state index in [1.165, 1.54) is 22.7 Å². The average Bonchev–Trinajstić information content (AvgIpc) is 2.66. The maximum Gasteiger partial charge on any atom is 0.261 e. The SMILES string of the molecule is CC(C)(C)[Si](OCC[C@H]1CC(=O)C=CO1)(c1ccccc1)c1ccccc1. The minimum Gasteiger partial charge on any atom is -0.497 e. The van der Waals surface area contributed by atoms with Crippen LogP contribution in [-0.2, 0) is 14.0 Å². The smallest absolute Gasteiger partial charge is 0.261 e. The molecule has 1 aliphatic heterocycles. The summed E-state index contributed by atoms with van der Waals surface area (Å²) in [6.45, 7) is 7.37. The van der Waals surface area contributed by atoms with E-state index < -0.39 is 8.32 Å². The molecule has 142 valence electrons. The highest BCUT2D eigenvalue weighted by atomic mass is 28.4. The number of hydrogen-bond acceptors (Lipinski definition) is 3. The molecular formula is C23H28O3Si. The maximum absolute atomic E-state index is 11.6. The molecule has 0 radical (unpaired) electrons. The highest BCUT2D eigenvalue weighted by Crippen LogP contribution is 2.36. The van der Waals surface area contributed by atoms with Gasteiger partial charge in [-0.25, -0.2) is 0 Å². The second kappa shape index (κ2) is 8.24. The van der Waals surface area contributed by atoms with Crippen LogP contribution in [0.3, 0.4) is 0 Å². The molecule has 0 saturated heterocycles. The third-order valence-electron chi connectivity index (χ3n) is 5.13. The molecule has 3 rings (SSSR count). The first-order valence-electron chi connectivity index (χ1n) is 9.53. The molecule has 2 aromatic carbocycles. The highest BCUT2D eigenvalue weighted by molar-refractivity contribution is 6.99. The van der Waals surface area contributed by atoms with Crippen molar-refractivity contribution in [2.75, 3.05) is 6.61 Å². The third kappa shape index (κ3) is 4.23. The molecule has 1 aliphatic rings. The molecule has 0 bridgehead atoms. The van der Waals surface area contributed by atoms with Crippen LogP contribution < -0.4 is 10.4 Å². The Morgan fingerprint density at radius 3 is 2.04 bits per heavy atom.